The molecule has 0 spiro atoms. The van der Waals surface area contributed by atoms with Gasteiger partial charge in [0.05, 0.1) is 29.0 Å². The van der Waals surface area contributed by atoms with Crippen molar-refractivity contribution in [1.82, 2.24) is 5.43 Å². The van der Waals surface area contributed by atoms with Crippen LogP contribution < -0.4 is 14.9 Å². The summed E-state index contributed by atoms with van der Waals surface area (Å²) in [6.07, 6.45) is 1.44. The first-order valence-electron chi connectivity index (χ1n) is 9.79. The fourth-order valence-electron chi connectivity index (χ4n) is 2.71. The van der Waals surface area contributed by atoms with Gasteiger partial charge < -0.3 is 9.47 Å². The van der Waals surface area contributed by atoms with E-state index in [1.54, 1.807) is 36.4 Å². The number of nitro groups is 1. The molecule has 3 aromatic carbocycles. The largest absolute Gasteiger partial charge is 0.493 e. The average Bonchev–Trinajstić information content (AvgIpc) is 2.83. The molecule has 0 saturated heterocycles. The van der Waals surface area contributed by atoms with Crippen molar-refractivity contribution >= 4 is 52.8 Å². The van der Waals surface area contributed by atoms with E-state index in [4.69, 9.17) is 32.7 Å². The molecule has 0 unspecified atom stereocenters. The standard InChI is InChI=1S/C23H19Cl2N3O5S/c1-32-21-11-16(12-26-27-22(29)14-34-19-8-4-17(24)5-9-19)10-20(25)23(21)33-13-15-2-6-18(7-3-15)28(30)31/h2-12H,13-14H2,1H3,(H,27,29)/b26-12-. The molecule has 0 fully saturated rings. The molecule has 11 heteroatoms. The van der Waals surface area contributed by atoms with Crippen molar-refractivity contribution in [3.05, 3.63) is 92.0 Å². The van der Waals surface area contributed by atoms with Gasteiger partial charge in [0.1, 0.15) is 6.61 Å². The molecular formula is C23H19Cl2N3O5S. The predicted molar refractivity (Wildman–Crippen MR) is 133 cm³/mol. The molecule has 1 amide bonds. The highest BCUT2D eigenvalue weighted by atomic mass is 35.5. The Kier molecular flexibility index (Phi) is 9.15. The molecule has 0 atom stereocenters. The molecule has 0 aliphatic rings. The number of carbonyl (C=O) groups excluding carboxylic acids is 1. The van der Waals surface area contributed by atoms with Crippen molar-refractivity contribution in [3.8, 4) is 11.5 Å². The van der Waals surface area contributed by atoms with Gasteiger partial charge in [-0.1, -0.05) is 23.2 Å². The fourth-order valence-corrected chi connectivity index (χ4v) is 3.81. The van der Waals surface area contributed by atoms with Crippen LogP contribution >= 0.6 is 35.0 Å². The molecule has 0 radical (unpaired) electrons. The number of benzene rings is 3. The molecule has 1 N–H and O–H groups in total. The van der Waals surface area contributed by atoms with Gasteiger partial charge in [-0.15, -0.1) is 11.8 Å². The zero-order valence-electron chi connectivity index (χ0n) is 17.9. The Bertz CT molecular complexity index is 1190. The van der Waals surface area contributed by atoms with Crippen LogP contribution in [0.5, 0.6) is 11.5 Å². The summed E-state index contributed by atoms with van der Waals surface area (Å²) >= 11 is 13.6. The lowest BCUT2D eigenvalue weighted by Crippen LogP contribution is -2.19. The summed E-state index contributed by atoms with van der Waals surface area (Å²) in [5.74, 6) is 0.624. The van der Waals surface area contributed by atoms with Crippen molar-refractivity contribution in [2.75, 3.05) is 12.9 Å². The van der Waals surface area contributed by atoms with Crippen LogP contribution in [0, 0.1) is 10.1 Å². The summed E-state index contributed by atoms with van der Waals surface area (Å²) in [4.78, 5) is 23.2. The maximum Gasteiger partial charge on any atom is 0.269 e. The van der Waals surface area contributed by atoms with E-state index in [2.05, 4.69) is 10.5 Å². The number of thioether (sulfide) groups is 1. The minimum atomic E-state index is -0.467. The predicted octanol–water partition coefficient (Wildman–Crippen LogP) is 5.73. The van der Waals surface area contributed by atoms with Crippen molar-refractivity contribution in [2.45, 2.75) is 11.5 Å². The Hall–Kier alpha value is -3.27. The highest BCUT2D eigenvalue weighted by molar-refractivity contribution is 8.00. The number of carbonyl (C=O) groups is 1. The van der Waals surface area contributed by atoms with Crippen LogP contribution in [-0.2, 0) is 11.4 Å². The number of rotatable bonds is 10. The molecule has 3 rings (SSSR count). The Morgan fingerprint density at radius 1 is 1.15 bits per heavy atom. The summed E-state index contributed by atoms with van der Waals surface area (Å²) in [6, 6.07) is 16.5. The number of non-ortho nitro benzene ring substituents is 1. The van der Waals surface area contributed by atoms with Gasteiger partial charge in [-0.2, -0.15) is 5.10 Å². The molecule has 0 aliphatic heterocycles. The summed E-state index contributed by atoms with van der Waals surface area (Å²) in [6.45, 7) is 0.142. The zero-order valence-corrected chi connectivity index (χ0v) is 20.2. The van der Waals surface area contributed by atoms with E-state index >= 15 is 0 Å². The molecule has 34 heavy (non-hydrogen) atoms. The lowest BCUT2D eigenvalue weighted by atomic mass is 10.2. The van der Waals surface area contributed by atoms with Crippen LogP contribution in [0.2, 0.25) is 10.0 Å². The second-order valence-electron chi connectivity index (χ2n) is 6.78. The minimum absolute atomic E-state index is 0.00123. The van der Waals surface area contributed by atoms with E-state index in [-0.39, 0.29) is 29.0 Å². The number of methoxy groups -OCH3 is 1. The van der Waals surface area contributed by atoms with Gasteiger partial charge in [0, 0.05) is 22.1 Å². The molecule has 0 saturated carbocycles. The van der Waals surface area contributed by atoms with Gasteiger partial charge in [-0.05, 0) is 59.7 Å². The minimum Gasteiger partial charge on any atom is -0.493 e. The van der Waals surface area contributed by atoms with E-state index in [1.165, 1.54) is 37.2 Å². The first-order valence-corrected chi connectivity index (χ1v) is 11.5. The van der Waals surface area contributed by atoms with Crippen LogP contribution in [0.1, 0.15) is 11.1 Å². The molecule has 0 bridgehead atoms. The van der Waals surface area contributed by atoms with Gasteiger partial charge in [0.25, 0.3) is 5.69 Å². The van der Waals surface area contributed by atoms with Crippen LogP contribution in [0.3, 0.4) is 0 Å². The SMILES string of the molecule is COc1cc(/C=N\NC(=O)CSc2ccc(Cl)cc2)cc(Cl)c1OCc1ccc([N+](=O)[O-])cc1. The van der Waals surface area contributed by atoms with Gasteiger partial charge in [-0.25, -0.2) is 5.43 Å². The molecule has 3 aromatic rings. The molecule has 176 valence electrons. The number of amides is 1. The highest BCUT2D eigenvalue weighted by Gasteiger charge is 2.13. The topological polar surface area (TPSA) is 103 Å². The van der Waals surface area contributed by atoms with Crippen LogP contribution in [-0.4, -0.2) is 29.9 Å². The summed E-state index contributed by atoms with van der Waals surface area (Å²) in [5.41, 5.74) is 3.79. The monoisotopic (exact) mass is 519 g/mol. The van der Waals surface area contributed by atoms with E-state index in [1.807, 2.05) is 12.1 Å². The number of nitro benzene ring substituents is 1. The van der Waals surface area contributed by atoms with Gasteiger partial charge in [-0.3, -0.25) is 14.9 Å². The van der Waals surface area contributed by atoms with Crippen molar-refractivity contribution in [1.29, 1.82) is 0 Å². The summed E-state index contributed by atoms with van der Waals surface area (Å²) < 4.78 is 11.1. The Balaban J connectivity index is 1.57. The Labute approximate surface area is 210 Å². The third-order valence-electron chi connectivity index (χ3n) is 4.37. The summed E-state index contributed by atoms with van der Waals surface area (Å²) in [7, 11) is 1.47. The first kappa shape index (κ1) is 25.4. The number of hydrazone groups is 1. The van der Waals surface area contributed by atoms with Crippen molar-refractivity contribution in [3.63, 3.8) is 0 Å². The maximum absolute atomic E-state index is 12.0. The second-order valence-corrected chi connectivity index (χ2v) is 8.67. The number of nitrogens with one attached hydrogen (secondary N) is 1. The number of hydrogen-bond donors (Lipinski definition) is 1. The lowest BCUT2D eigenvalue weighted by Gasteiger charge is -2.13. The van der Waals surface area contributed by atoms with Crippen LogP contribution in [0.4, 0.5) is 5.69 Å². The molecule has 0 heterocycles. The van der Waals surface area contributed by atoms with E-state index in [9.17, 15) is 14.9 Å². The van der Waals surface area contributed by atoms with E-state index < -0.39 is 4.92 Å². The highest BCUT2D eigenvalue weighted by Crippen LogP contribution is 2.36. The molecule has 0 aliphatic carbocycles. The molecule has 0 aromatic heterocycles. The second kappa shape index (κ2) is 12.3. The third kappa shape index (κ3) is 7.38. The number of hydrogen-bond acceptors (Lipinski definition) is 7. The Morgan fingerprint density at radius 2 is 1.85 bits per heavy atom. The van der Waals surface area contributed by atoms with Gasteiger partial charge >= 0.3 is 0 Å². The molecule has 8 nitrogen and oxygen atoms in total. The van der Waals surface area contributed by atoms with Gasteiger partial charge in [0.15, 0.2) is 11.5 Å². The maximum atomic E-state index is 12.0. The lowest BCUT2D eigenvalue weighted by molar-refractivity contribution is -0.384. The smallest absolute Gasteiger partial charge is 0.269 e. The van der Waals surface area contributed by atoms with Crippen LogP contribution in [0.15, 0.2) is 70.7 Å². The number of nitrogens with zero attached hydrogens (tertiary/aromatic N) is 2. The van der Waals surface area contributed by atoms with E-state index in [0.717, 1.165) is 10.5 Å². The van der Waals surface area contributed by atoms with Gasteiger partial charge in [0.2, 0.25) is 5.91 Å². The molecular weight excluding hydrogens is 501 g/mol. The Morgan fingerprint density at radius 3 is 2.50 bits per heavy atom. The number of halogens is 2. The fraction of sp³-hybridized carbons (Fsp3) is 0.130. The summed E-state index contributed by atoms with van der Waals surface area (Å²) in [5, 5.41) is 15.6. The van der Waals surface area contributed by atoms with Crippen molar-refractivity contribution in [2.24, 2.45) is 5.10 Å². The van der Waals surface area contributed by atoms with E-state index in [0.29, 0.717) is 22.1 Å². The average molecular weight is 520 g/mol. The van der Waals surface area contributed by atoms with Crippen molar-refractivity contribution < 1.29 is 19.2 Å². The van der Waals surface area contributed by atoms with Crippen LogP contribution in [0.25, 0.3) is 0 Å². The first-order chi connectivity index (χ1) is 16.4. The third-order valence-corrected chi connectivity index (χ3v) is 5.91. The normalized spacial score (nSPS) is 10.8. The number of ether oxygens (including phenoxy) is 2. The zero-order chi connectivity index (χ0) is 24.5. The quantitative estimate of drug-likeness (QED) is 0.159.